The van der Waals surface area contributed by atoms with Gasteiger partial charge in [0.1, 0.15) is 11.2 Å². The Morgan fingerprint density at radius 3 is 1.50 bits per heavy atom. The topological polar surface area (TPSA) is 56.7 Å². The van der Waals surface area contributed by atoms with E-state index in [4.69, 9.17) is 19.4 Å². The van der Waals surface area contributed by atoms with Crippen molar-refractivity contribution in [1.29, 1.82) is 0 Å². The molecule has 0 atom stereocenters. The highest BCUT2D eigenvalue weighted by molar-refractivity contribution is 6.16. The molecule has 0 radical (unpaired) electrons. The normalized spacial score (nSPS) is 11.5. The predicted molar refractivity (Wildman–Crippen MR) is 254 cm³/mol. The van der Waals surface area contributed by atoms with Gasteiger partial charge >= 0.3 is 0 Å². The van der Waals surface area contributed by atoms with Crippen molar-refractivity contribution in [2.24, 2.45) is 0 Å². The van der Waals surface area contributed by atoms with Gasteiger partial charge < -0.3 is 8.98 Å². The van der Waals surface area contributed by atoms with Gasteiger partial charge in [-0.2, -0.15) is 0 Å². The summed E-state index contributed by atoms with van der Waals surface area (Å²) in [6, 6.07) is 76.2. The molecule has 9 aromatic carbocycles. The highest BCUT2D eigenvalue weighted by atomic mass is 16.3. The van der Waals surface area contributed by atoms with E-state index in [9.17, 15) is 0 Å². The number of hydrogen-bond donors (Lipinski definition) is 0. The van der Waals surface area contributed by atoms with Crippen LogP contribution in [0.5, 0.6) is 0 Å². The van der Waals surface area contributed by atoms with Crippen molar-refractivity contribution in [1.82, 2.24) is 19.5 Å². The van der Waals surface area contributed by atoms with Gasteiger partial charge in [0.25, 0.3) is 0 Å². The average molecular weight is 793 g/mol. The zero-order valence-electron chi connectivity index (χ0n) is 33.5. The number of nitrogens with zero attached hydrogens (tertiary/aromatic N) is 4. The van der Waals surface area contributed by atoms with E-state index in [0.29, 0.717) is 17.5 Å². The summed E-state index contributed by atoms with van der Waals surface area (Å²) >= 11 is 0. The van der Waals surface area contributed by atoms with Crippen LogP contribution in [0.25, 0.3) is 117 Å². The quantitative estimate of drug-likeness (QED) is 0.161. The number of aromatic nitrogens is 4. The van der Waals surface area contributed by atoms with Crippen molar-refractivity contribution in [2.45, 2.75) is 0 Å². The summed E-state index contributed by atoms with van der Waals surface area (Å²) in [7, 11) is 0. The second-order valence-electron chi connectivity index (χ2n) is 15.6. The Morgan fingerprint density at radius 1 is 0.323 bits per heavy atom. The molecule has 0 bridgehead atoms. The Morgan fingerprint density at radius 2 is 0.806 bits per heavy atom. The van der Waals surface area contributed by atoms with Gasteiger partial charge in [-0.1, -0.05) is 182 Å². The molecule has 0 aliphatic carbocycles. The first kappa shape index (κ1) is 35.5. The molecule has 62 heavy (non-hydrogen) atoms. The minimum Gasteiger partial charge on any atom is -0.455 e. The van der Waals surface area contributed by atoms with E-state index in [1.807, 2.05) is 48.5 Å². The molecule has 0 amide bonds. The number of furan rings is 1. The molecular formula is C57H36N4O. The van der Waals surface area contributed by atoms with Crippen LogP contribution in [0.2, 0.25) is 0 Å². The first-order chi connectivity index (χ1) is 30.7. The summed E-state index contributed by atoms with van der Waals surface area (Å²) < 4.78 is 9.16. The van der Waals surface area contributed by atoms with E-state index in [2.05, 4.69) is 174 Å². The molecule has 3 aromatic heterocycles. The largest absolute Gasteiger partial charge is 0.455 e. The molecule has 0 fully saturated rings. The smallest absolute Gasteiger partial charge is 0.164 e. The predicted octanol–water partition coefficient (Wildman–Crippen LogP) is 14.9. The van der Waals surface area contributed by atoms with Crippen molar-refractivity contribution in [3.63, 3.8) is 0 Å². The maximum atomic E-state index is 6.82. The maximum absolute atomic E-state index is 6.82. The molecule has 0 saturated carbocycles. The molecule has 0 aliphatic heterocycles. The van der Waals surface area contributed by atoms with Gasteiger partial charge in [0, 0.05) is 49.5 Å². The standard InChI is InChI=1S/C57H36N4O/c1-4-14-37(15-5-1)38-26-28-39(29-27-38)40-30-32-42(33-31-40)56-58-55(41-16-6-2-7-17-41)59-57(60-56)48-23-13-25-52-53(48)47-22-12-21-45(54(47)62-52)43-34-35-51-49(36-43)46-20-10-11-24-50(46)61(51)44-18-8-3-9-19-44/h1-36H. The summed E-state index contributed by atoms with van der Waals surface area (Å²) in [5.74, 6) is 1.80. The second kappa shape index (κ2) is 14.7. The van der Waals surface area contributed by atoms with Crippen LogP contribution in [0.4, 0.5) is 0 Å². The zero-order chi connectivity index (χ0) is 41.0. The Labute approximate surface area is 357 Å². The number of fused-ring (bicyclic) bond motifs is 6. The zero-order valence-corrected chi connectivity index (χ0v) is 33.5. The Balaban J connectivity index is 0.966. The van der Waals surface area contributed by atoms with Gasteiger partial charge in [-0.3, -0.25) is 0 Å². The fourth-order valence-electron chi connectivity index (χ4n) is 8.90. The minimum atomic E-state index is 0.586. The van der Waals surface area contributed by atoms with Gasteiger partial charge in [0.2, 0.25) is 0 Å². The summed E-state index contributed by atoms with van der Waals surface area (Å²) in [4.78, 5) is 15.4. The molecule has 290 valence electrons. The van der Waals surface area contributed by atoms with Gasteiger partial charge in [0.15, 0.2) is 17.5 Å². The van der Waals surface area contributed by atoms with E-state index in [0.717, 1.165) is 72.1 Å². The highest BCUT2D eigenvalue weighted by Gasteiger charge is 2.21. The van der Waals surface area contributed by atoms with Gasteiger partial charge in [0.05, 0.1) is 11.0 Å². The molecule has 0 N–H and O–H groups in total. The van der Waals surface area contributed by atoms with Crippen molar-refractivity contribution >= 4 is 43.7 Å². The van der Waals surface area contributed by atoms with Gasteiger partial charge in [-0.25, -0.2) is 15.0 Å². The lowest BCUT2D eigenvalue weighted by Crippen LogP contribution is -2.00. The third-order valence-electron chi connectivity index (χ3n) is 11.9. The minimum absolute atomic E-state index is 0.586. The second-order valence-corrected chi connectivity index (χ2v) is 15.6. The number of hydrogen-bond acceptors (Lipinski definition) is 4. The third-order valence-corrected chi connectivity index (χ3v) is 11.9. The van der Waals surface area contributed by atoms with Crippen molar-refractivity contribution < 1.29 is 4.42 Å². The van der Waals surface area contributed by atoms with Crippen LogP contribution in [0.1, 0.15) is 0 Å². The Hall–Kier alpha value is -8.41. The van der Waals surface area contributed by atoms with Crippen LogP contribution in [-0.2, 0) is 0 Å². The molecule has 12 aromatic rings. The molecule has 0 spiro atoms. The van der Waals surface area contributed by atoms with Gasteiger partial charge in [-0.05, 0) is 64.2 Å². The van der Waals surface area contributed by atoms with Crippen LogP contribution in [0.3, 0.4) is 0 Å². The summed E-state index contributed by atoms with van der Waals surface area (Å²) in [6.07, 6.45) is 0. The fourth-order valence-corrected chi connectivity index (χ4v) is 8.90. The molecule has 5 nitrogen and oxygen atoms in total. The van der Waals surface area contributed by atoms with E-state index in [1.165, 1.54) is 27.4 Å². The highest BCUT2D eigenvalue weighted by Crippen LogP contribution is 2.42. The Kier molecular flexibility index (Phi) is 8.42. The van der Waals surface area contributed by atoms with E-state index >= 15 is 0 Å². The number of benzene rings is 9. The van der Waals surface area contributed by atoms with Crippen molar-refractivity contribution in [2.75, 3.05) is 0 Å². The monoisotopic (exact) mass is 792 g/mol. The molecular weight excluding hydrogens is 757 g/mol. The van der Waals surface area contributed by atoms with Crippen LogP contribution in [-0.4, -0.2) is 19.5 Å². The lowest BCUT2D eigenvalue weighted by atomic mass is 9.99. The lowest BCUT2D eigenvalue weighted by molar-refractivity contribution is 0.670. The number of para-hydroxylation sites is 3. The van der Waals surface area contributed by atoms with E-state index in [-0.39, 0.29) is 0 Å². The van der Waals surface area contributed by atoms with Crippen LogP contribution in [0, 0.1) is 0 Å². The summed E-state index contributed by atoms with van der Waals surface area (Å²) in [5, 5.41) is 4.37. The van der Waals surface area contributed by atoms with Crippen LogP contribution < -0.4 is 0 Å². The van der Waals surface area contributed by atoms with E-state index < -0.39 is 0 Å². The molecule has 5 heteroatoms. The van der Waals surface area contributed by atoms with Crippen molar-refractivity contribution in [3.05, 3.63) is 218 Å². The van der Waals surface area contributed by atoms with Crippen molar-refractivity contribution in [3.8, 4) is 73.2 Å². The fraction of sp³-hybridized carbons (Fsp3) is 0. The number of rotatable bonds is 7. The summed E-state index contributed by atoms with van der Waals surface area (Å²) in [5.41, 5.74) is 14.6. The molecule has 3 heterocycles. The molecule has 0 saturated heterocycles. The first-order valence-corrected chi connectivity index (χ1v) is 20.8. The molecule has 12 rings (SSSR count). The Bertz CT molecular complexity index is 3590. The molecule has 0 aliphatic rings. The average Bonchev–Trinajstić information content (AvgIpc) is 3.91. The van der Waals surface area contributed by atoms with Crippen LogP contribution in [0.15, 0.2) is 223 Å². The van der Waals surface area contributed by atoms with E-state index in [1.54, 1.807) is 0 Å². The lowest BCUT2D eigenvalue weighted by Gasteiger charge is -2.10. The maximum Gasteiger partial charge on any atom is 0.164 e. The third kappa shape index (κ3) is 6.06. The summed E-state index contributed by atoms with van der Waals surface area (Å²) in [6.45, 7) is 0. The van der Waals surface area contributed by atoms with Crippen LogP contribution >= 0.6 is 0 Å². The first-order valence-electron chi connectivity index (χ1n) is 20.8. The SMILES string of the molecule is c1ccc(-c2ccc(-c3ccc(-c4nc(-c5ccccc5)nc(-c5cccc6oc7c(-c8ccc9c(c8)c8ccccc8n9-c8ccccc8)cccc7c56)n4)cc3)cc2)cc1. The molecule has 0 unspecified atom stereocenters. The van der Waals surface area contributed by atoms with Gasteiger partial charge in [-0.15, -0.1) is 0 Å².